The highest BCUT2D eigenvalue weighted by atomic mass is 19.3. The lowest BCUT2D eigenvalue weighted by molar-refractivity contribution is -0.0457. The van der Waals surface area contributed by atoms with E-state index in [2.05, 4.69) is 21.1 Å². The molecule has 1 fully saturated rings. The molecule has 0 atom stereocenters. The van der Waals surface area contributed by atoms with Crippen molar-refractivity contribution in [3.8, 4) is 12.0 Å². The van der Waals surface area contributed by atoms with E-state index >= 15 is 0 Å². The van der Waals surface area contributed by atoms with Gasteiger partial charge in [0.2, 0.25) is 5.92 Å². The molecule has 2 heterocycles. The van der Waals surface area contributed by atoms with E-state index in [4.69, 9.17) is 5.26 Å². The molecule has 0 saturated heterocycles. The Morgan fingerprint density at radius 3 is 2.75 bits per heavy atom. The maximum atomic E-state index is 13.3. The van der Waals surface area contributed by atoms with Crippen molar-refractivity contribution in [2.45, 2.75) is 51.4 Å². The van der Waals surface area contributed by atoms with Crippen molar-refractivity contribution >= 4 is 0 Å². The van der Waals surface area contributed by atoms with Gasteiger partial charge in [0.15, 0.2) is 0 Å². The highest BCUT2D eigenvalue weighted by Gasteiger charge is 2.34. The molecule has 0 N–H and O–H groups in total. The Hall–Kier alpha value is -2.36. The number of nitriles is 1. The van der Waals surface area contributed by atoms with Crippen LogP contribution in [0.4, 0.5) is 8.78 Å². The molecule has 1 saturated carbocycles. The molecule has 3 rings (SSSR count). The fourth-order valence-electron chi connectivity index (χ4n) is 3.07. The molecule has 2 aromatic rings. The van der Waals surface area contributed by atoms with E-state index in [9.17, 15) is 8.78 Å². The van der Waals surface area contributed by atoms with Crippen LogP contribution < -0.4 is 0 Å². The van der Waals surface area contributed by atoms with Crippen molar-refractivity contribution in [2.75, 3.05) is 0 Å². The summed E-state index contributed by atoms with van der Waals surface area (Å²) in [6.07, 6.45) is 3.63. The molecular formula is C17H19F2N5. The summed E-state index contributed by atoms with van der Waals surface area (Å²) in [7, 11) is 0. The zero-order valence-electron chi connectivity index (χ0n) is 13.5. The molecule has 7 heteroatoms. The highest BCUT2D eigenvalue weighted by molar-refractivity contribution is 5.20. The van der Waals surface area contributed by atoms with Crippen molar-refractivity contribution in [2.24, 2.45) is 5.92 Å². The van der Waals surface area contributed by atoms with Crippen molar-refractivity contribution in [1.82, 2.24) is 19.7 Å². The summed E-state index contributed by atoms with van der Waals surface area (Å²) in [5.41, 5.74) is 2.33. The zero-order chi connectivity index (χ0) is 17.2. The first kappa shape index (κ1) is 16.5. The molecule has 0 unspecified atom stereocenters. The highest BCUT2D eigenvalue weighted by Crippen LogP contribution is 2.37. The fourth-order valence-corrected chi connectivity index (χ4v) is 3.07. The molecule has 5 nitrogen and oxygen atoms in total. The van der Waals surface area contributed by atoms with Crippen LogP contribution in [0.3, 0.4) is 0 Å². The lowest BCUT2D eigenvalue weighted by atomic mass is 9.84. The average Bonchev–Trinajstić information content (AvgIpc) is 2.98. The number of aryl methyl sites for hydroxylation is 1. The Bertz CT molecular complexity index is 753. The fraction of sp³-hybridized carbons (Fsp3) is 0.529. The minimum absolute atomic E-state index is 0.0364. The summed E-state index contributed by atoms with van der Waals surface area (Å²) in [6, 6.07) is 5.71. The minimum Gasteiger partial charge on any atom is -0.216 e. The summed E-state index contributed by atoms with van der Waals surface area (Å²) in [5, 5.41) is 13.0. The number of hydrogen-bond acceptors (Lipinski definition) is 4. The van der Waals surface area contributed by atoms with E-state index in [1.807, 2.05) is 13.0 Å². The Balaban J connectivity index is 1.75. The van der Waals surface area contributed by atoms with Gasteiger partial charge in [0.05, 0.1) is 18.2 Å². The topological polar surface area (TPSA) is 67.4 Å². The second-order valence-corrected chi connectivity index (χ2v) is 6.39. The van der Waals surface area contributed by atoms with Gasteiger partial charge in [-0.2, -0.15) is 10.4 Å². The molecule has 0 aromatic carbocycles. The summed E-state index contributed by atoms with van der Waals surface area (Å²) in [4.78, 5) is 8.91. The number of nitrogens with zero attached hydrogens (tertiary/aromatic N) is 5. The second kappa shape index (κ2) is 6.63. The number of alkyl halides is 2. The average molecular weight is 331 g/mol. The van der Waals surface area contributed by atoms with Crippen molar-refractivity contribution in [3.05, 3.63) is 35.4 Å². The van der Waals surface area contributed by atoms with Gasteiger partial charge in [-0.25, -0.2) is 23.4 Å². The van der Waals surface area contributed by atoms with Gasteiger partial charge in [-0.1, -0.05) is 0 Å². The van der Waals surface area contributed by atoms with Crippen LogP contribution in [0, 0.1) is 24.2 Å². The van der Waals surface area contributed by atoms with Crippen molar-refractivity contribution < 1.29 is 8.78 Å². The molecule has 24 heavy (non-hydrogen) atoms. The first-order valence-electron chi connectivity index (χ1n) is 8.09. The Labute approximate surface area is 139 Å². The van der Waals surface area contributed by atoms with Crippen LogP contribution in [-0.4, -0.2) is 25.7 Å². The van der Waals surface area contributed by atoms with E-state index in [1.54, 1.807) is 16.9 Å². The van der Waals surface area contributed by atoms with Gasteiger partial charge in [0.25, 0.3) is 5.95 Å². The number of rotatable bonds is 4. The minimum atomic E-state index is -2.50. The van der Waals surface area contributed by atoms with Crippen LogP contribution in [0.2, 0.25) is 0 Å². The first-order chi connectivity index (χ1) is 11.4. The summed E-state index contributed by atoms with van der Waals surface area (Å²) >= 11 is 0. The van der Waals surface area contributed by atoms with Crippen molar-refractivity contribution in [3.63, 3.8) is 0 Å². The van der Waals surface area contributed by atoms with E-state index in [0.717, 1.165) is 11.4 Å². The monoisotopic (exact) mass is 331 g/mol. The predicted octanol–water partition coefficient (Wildman–Crippen LogP) is 3.40. The van der Waals surface area contributed by atoms with Crippen LogP contribution in [0.1, 0.15) is 42.8 Å². The maximum absolute atomic E-state index is 13.3. The predicted molar refractivity (Wildman–Crippen MR) is 83.8 cm³/mol. The Morgan fingerprint density at radius 2 is 2.04 bits per heavy atom. The van der Waals surface area contributed by atoms with Gasteiger partial charge < -0.3 is 0 Å². The van der Waals surface area contributed by atoms with E-state index < -0.39 is 5.92 Å². The van der Waals surface area contributed by atoms with Crippen LogP contribution >= 0.6 is 0 Å². The van der Waals surface area contributed by atoms with Crippen molar-refractivity contribution in [1.29, 1.82) is 5.26 Å². The lowest BCUT2D eigenvalue weighted by Crippen LogP contribution is -2.25. The number of hydrogen-bond donors (Lipinski definition) is 0. The third-order valence-electron chi connectivity index (χ3n) is 4.34. The Morgan fingerprint density at radius 1 is 1.29 bits per heavy atom. The standard InChI is InChI=1S/C17H19F2N5/c1-12-10-15(11-13-2-6-17(18,19)7-3-13)22-16(21-12)24-9-5-14(23-24)4-8-20/h5,9-10,13H,2-4,6-7,11H2,1H3. The van der Waals surface area contributed by atoms with Gasteiger partial charge in [-0.15, -0.1) is 0 Å². The smallest absolute Gasteiger partial charge is 0.216 e. The SMILES string of the molecule is Cc1cc(CC2CCC(F)(F)CC2)nc(-n2ccc(CC#N)n2)n1. The van der Waals surface area contributed by atoms with Crippen LogP contribution in [0.25, 0.3) is 5.95 Å². The van der Waals surface area contributed by atoms with E-state index in [1.165, 1.54) is 0 Å². The molecule has 0 bridgehead atoms. The molecule has 1 aliphatic carbocycles. The molecule has 126 valence electrons. The molecule has 0 aliphatic heterocycles. The third-order valence-corrected chi connectivity index (χ3v) is 4.34. The lowest BCUT2D eigenvalue weighted by Gasteiger charge is -2.28. The largest absolute Gasteiger partial charge is 0.250 e. The van der Waals surface area contributed by atoms with Gasteiger partial charge >= 0.3 is 0 Å². The molecule has 0 radical (unpaired) electrons. The summed E-state index contributed by atoms with van der Waals surface area (Å²) < 4.78 is 28.1. The molecular weight excluding hydrogens is 312 g/mol. The van der Waals surface area contributed by atoms with Gasteiger partial charge in [-0.05, 0) is 44.2 Å². The molecule has 0 amide bonds. The molecule has 0 spiro atoms. The Kier molecular flexibility index (Phi) is 4.56. The van der Waals surface area contributed by atoms with Crippen LogP contribution in [-0.2, 0) is 12.8 Å². The maximum Gasteiger partial charge on any atom is 0.250 e. The quantitative estimate of drug-likeness (QED) is 0.861. The summed E-state index contributed by atoms with van der Waals surface area (Å²) in [6.45, 7) is 1.88. The normalized spacial score (nSPS) is 17.6. The number of aromatic nitrogens is 4. The van der Waals surface area contributed by atoms with Gasteiger partial charge in [0.1, 0.15) is 0 Å². The first-order valence-corrected chi connectivity index (χ1v) is 8.09. The third kappa shape index (κ3) is 3.94. The van der Waals surface area contributed by atoms with E-state index in [-0.39, 0.29) is 25.2 Å². The van der Waals surface area contributed by atoms with Gasteiger partial charge in [0, 0.05) is 30.4 Å². The second-order valence-electron chi connectivity index (χ2n) is 6.39. The number of halogens is 2. The van der Waals surface area contributed by atoms with Crippen LogP contribution in [0.5, 0.6) is 0 Å². The van der Waals surface area contributed by atoms with Crippen LogP contribution in [0.15, 0.2) is 18.3 Å². The molecule has 2 aromatic heterocycles. The summed E-state index contributed by atoms with van der Waals surface area (Å²) in [5.74, 6) is -1.82. The molecule has 1 aliphatic rings. The van der Waals surface area contributed by atoms with E-state index in [0.29, 0.717) is 30.9 Å². The van der Waals surface area contributed by atoms with Gasteiger partial charge in [-0.3, -0.25) is 0 Å². The zero-order valence-corrected chi connectivity index (χ0v) is 13.5.